The number of nitrogens with one attached hydrogen (secondary N) is 1. The molecule has 17 heavy (non-hydrogen) atoms. The minimum atomic E-state index is -0.245. The molecular weight excluding hydrogens is 285 g/mol. The van der Waals surface area contributed by atoms with Gasteiger partial charge in [-0.15, -0.1) is 0 Å². The minimum Gasteiger partial charge on any atom is -0.485 e. The molecule has 1 N–H and O–H groups in total. The highest BCUT2D eigenvalue weighted by molar-refractivity contribution is 9.10. The average molecular weight is 300 g/mol. The summed E-state index contributed by atoms with van der Waals surface area (Å²) in [6, 6.07) is 5.27. The van der Waals surface area contributed by atoms with Crippen LogP contribution in [0.1, 0.15) is 25.7 Å². The van der Waals surface area contributed by atoms with Gasteiger partial charge in [0, 0.05) is 12.6 Å². The van der Waals surface area contributed by atoms with Gasteiger partial charge in [-0.1, -0.05) is 0 Å². The number of hydrogen-bond donors (Lipinski definition) is 1. The van der Waals surface area contributed by atoms with E-state index in [1.165, 1.54) is 25.0 Å². The molecular formula is C13H15BrFNO. The molecule has 2 saturated carbocycles. The van der Waals surface area contributed by atoms with Gasteiger partial charge in [0.1, 0.15) is 17.2 Å². The second kappa shape index (κ2) is 4.25. The lowest BCUT2D eigenvalue weighted by Crippen LogP contribution is -2.34. The molecule has 3 rings (SSSR count). The Balaban J connectivity index is 1.64. The summed E-state index contributed by atoms with van der Waals surface area (Å²) in [6.45, 7) is 0.904. The van der Waals surface area contributed by atoms with Gasteiger partial charge >= 0.3 is 0 Å². The molecule has 0 spiro atoms. The zero-order chi connectivity index (χ0) is 11.9. The lowest BCUT2D eigenvalue weighted by atomic mass is 10.3. The van der Waals surface area contributed by atoms with Gasteiger partial charge in [-0.25, -0.2) is 4.39 Å². The third-order valence-electron chi connectivity index (χ3n) is 3.32. The standard InChI is InChI=1S/C13H15BrFNO/c14-11-7-9(15)1-4-12(11)17-13(5-6-13)8-16-10-2-3-10/h1,4,7,10,16H,2-3,5-6,8H2. The molecule has 2 aliphatic rings. The number of hydrogen-bond acceptors (Lipinski definition) is 2. The highest BCUT2D eigenvalue weighted by atomic mass is 79.9. The van der Waals surface area contributed by atoms with Crippen molar-refractivity contribution in [1.29, 1.82) is 0 Å². The molecule has 0 aliphatic heterocycles. The predicted molar refractivity (Wildman–Crippen MR) is 67.7 cm³/mol. The van der Waals surface area contributed by atoms with Gasteiger partial charge in [-0.2, -0.15) is 0 Å². The topological polar surface area (TPSA) is 21.3 Å². The van der Waals surface area contributed by atoms with Gasteiger partial charge in [0.25, 0.3) is 0 Å². The van der Waals surface area contributed by atoms with Crippen LogP contribution in [0.15, 0.2) is 22.7 Å². The Hall–Kier alpha value is -0.610. The van der Waals surface area contributed by atoms with Crippen molar-refractivity contribution in [2.24, 2.45) is 0 Å². The maximum absolute atomic E-state index is 13.0. The Bertz CT molecular complexity index is 429. The number of halogens is 2. The first-order valence-corrected chi connectivity index (χ1v) is 6.84. The predicted octanol–water partition coefficient (Wildman–Crippen LogP) is 3.25. The molecule has 0 amide bonds. The molecule has 92 valence electrons. The van der Waals surface area contributed by atoms with E-state index in [1.54, 1.807) is 6.07 Å². The maximum atomic E-state index is 13.0. The molecule has 0 atom stereocenters. The highest BCUT2D eigenvalue weighted by Gasteiger charge is 2.46. The molecule has 1 aromatic carbocycles. The number of ether oxygens (including phenoxy) is 1. The molecule has 2 nitrogen and oxygen atoms in total. The van der Waals surface area contributed by atoms with E-state index >= 15 is 0 Å². The summed E-state index contributed by atoms with van der Waals surface area (Å²) in [5.41, 5.74) is -0.0526. The summed E-state index contributed by atoms with van der Waals surface area (Å²) >= 11 is 3.33. The van der Waals surface area contributed by atoms with Crippen LogP contribution in [-0.4, -0.2) is 18.2 Å². The highest BCUT2D eigenvalue weighted by Crippen LogP contribution is 2.42. The van der Waals surface area contributed by atoms with E-state index < -0.39 is 0 Å². The average Bonchev–Trinajstić information content (AvgIpc) is 3.15. The summed E-state index contributed by atoms with van der Waals surface area (Å²) in [5, 5.41) is 3.50. The van der Waals surface area contributed by atoms with E-state index in [9.17, 15) is 4.39 Å². The van der Waals surface area contributed by atoms with E-state index in [0.29, 0.717) is 10.5 Å². The zero-order valence-electron chi connectivity index (χ0n) is 9.51. The maximum Gasteiger partial charge on any atom is 0.134 e. The van der Waals surface area contributed by atoms with Crippen molar-refractivity contribution in [2.45, 2.75) is 37.3 Å². The Morgan fingerprint density at radius 1 is 1.41 bits per heavy atom. The number of rotatable bonds is 5. The van der Waals surface area contributed by atoms with Gasteiger partial charge < -0.3 is 10.1 Å². The monoisotopic (exact) mass is 299 g/mol. The molecule has 2 fully saturated rings. The molecule has 0 unspecified atom stereocenters. The SMILES string of the molecule is Fc1ccc(OC2(CNC3CC3)CC2)c(Br)c1. The van der Waals surface area contributed by atoms with Crippen molar-refractivity contribution in [1.82, 2.24) is 5.32 Å². The van der Waals surface area contributed by atoms with Crippen LogP contribution in [0.25, 0.3) is 0 Å². The first kappa shape index (κ1) is 11.5. The summed E-state index contributed by atoms with van der Waals surface area (Å²) in [7, 11) is 0. The molecule has 0 saturated heterocycles. The van der Waals surface area contributed by atoms with Gasteiger partial charge in [0.15, 0.2) is 0 Å². The molecule has 1 aromatic rings. The minimum absolute atomic E-state index is 0.0526. The number of benzene rings is 1. The first-order chi connectivity index (χ1) is 8.17. The Kier molecular flexibility index (Phi) is 2.87. The molecule has 4 heteroatoms. The molecule has 0 radical (unpaired) electrons. The van der Waals surface area contributed by atoms with Crippen LogP contribution in [0.5, 0.6) is 5.75 Å². The second-order valence-corrected chi connectivity index (χ2v) is 5.87. The van der Waals surface area contributed by atoms with E-state index in [-0.39, 0.29) is 11.4 Å². The first-order valence-electron chi connectivity index (χ1n) is 6.04. The smallest absolute Gasteiger partial charge is 0.134 e. The van der Waals surface area contributed by atoms with Crippen LogP contribution in [0.3, 0.4) is 0 Å². The molecule has 0 aromatic heterocycles. The summed E-state index contributed by atoms with van der Waals surface area (Å²) in [6.07, 6.45) is 4.74. The normalized spacial score (nSPS) is 21.3. The Morgan fingerprint density at radius 3 is 2.76 bits per heavy atom. The van der Waals surface area contributed by atoms with E-state index in [0.717, 1.165) is 25.1 Å². The fraction of sp³-hybridized carbons (Fsp3) is 0.538. The fourth-order valence-electron chi connectivity index (χ4n) is 1.86. The third kappa shape index (κ3) is 2.80. The Morgan fingerprint density at radius 2 is 2.18 bits per heavy atom. The van der Waals surface area contributed by atoms with Crippen LogP contribution < -0.4 is 10.1 Å². The van der Waals surface area contributed by atoms with Gasteiger partial charge in [-0.3, -0.25) is 0 Å². The quantitative estimate of drug-likeness (QED) is 0.901. The largest absolute Gasteiger partial charge is 0.485 e. The van der Waals surface area contributed by atoms with Crippen molar-refractivity contribution in [3.05, 3.63) is 28.5 Å². The van der Waals surface area contributed by atoms with Crippen molar-refractivity contribution in [3.63, 3.8) is 0 Å². The van der Waals surface area contributed by atoms with Gasteiger partial charge in [0.2, 0.25) is 0 Å². The zero-order valence-corrected chi connectivity index (χ0v) is 11.1. The van der Waals surface area contributed by atoms with Gasteiger partial charge in [-0.05, 0) is 59.8 Å². The summed E-state index contributed by atoms with van der Waals surface area (Å²) < 4.78 is 19.7. The van der Waals surface area contributed by atoms with Crippen molar-refractivity contribution >= 4 is 15.9 Å². The fourth-order valence-corrected chi connectivity index (χ4v) is 2.30. The Labute approximate surface area is 109 Å². The van der Waals surface area contributed by atoms with Crippen molar-refractivity contribution < 1.29 is 9.13 Å². The van der Waals surface area contributed by atoms with Crippen LogP contribution in [0.2, 0.25) is 0 Å². The lowest BCUT2D eigenvalue weighted by molar-refractivity contribution is 0.173. The van der Waals surface area contributed by atoms with E-state index in [1.807, 2.05) is 0 Å². The van der Waals surface area contributed by atoms with Crippen LogP contribution >= 0.6 is 15.9 Å². The van der Waals surface area contributed by atoms with E-state index in [2.05, 4.69) is 21.2 Å². The van der Waals surface area contributed by atoms with Crippen LogP contribution in [-0.2, 0) is 0 Å². The van der Waals surface area contributed by atoms with Crippen LogP contribution in [0, 0.1) is 5.82 Å². The molecule has 0 bridgehead atoms. The summed E-state index contributed by atoms with van der Waals surface area (Å²) in [4.78, 5) is 0. The third-order valence-corrected chi connectivity index (χ3v) is 3.94. The van der Waals surface area contributed by atoms with E-state index in [4.69, 9.17) is 4.74 Å². The molecule has 0 heterocycles. The van der Waals surface area contributed by atoms with Crippen LogP contribution in [0.4, 0.5) is 4.39 Å². The van der Waals surface area contributed by atoms with Crippen molar-refractivity contribution in [3.8, 4) is 5.75 Å². The van der Waals surface area contributed by atoms with Gasteiger partial charge in [0.05, 0.1) is 4.47 Å². The summed E-state index contributed by atoms with van der Waals surface area (Å²) in [5.74, 6) is 0.492. The lowest BCUT2D eigenvalue weighted by Gasteiger charge is -2.19. The second-order valence-electron chi connectivity index (χ2n) is 5.01. The molecule has 2 aliphatic carbocycles. The van der Waals surface area contributed by atoms with Crippen molar-refractivity contribution in [2.75, 3.05) is 6.54 Å².